The SMILES string of the molecule is O=[N+]([O-])c1ccc(N2CCCC(O)C2)c(Cl)c1. The number of nitro groups is 1. The normalized spacial score (nSPS) is 20.4. The summed E-state index contributed by atoms with van der Waals surface area (Å²) in [6.45, 7) is 1.34. The van der Waals surface area contributed by atoms with Gasteiger partial charge in [0.05, 0.1) is 21.7 Å². The number of aliphatic hydroxyl groups excluding tert-OH is 1. The van der Waals surface area contributed by atoms with E-state index < -0.39 is 4.92 Å². The average molecular weight is 257 g/mol. The molecular weight excluding hydrogens is 244 g/mol. The van der Waals surface area contributed by atoms with Crippen LogP contribution in [-0.2, 0) is 0 Å². The molecule has 5 nitrogen and oxygen atoms in total. The summed E-state index contributed by atoms with van der Waals surface area (Å²) < 4.78 is 0. The zero-order chi connectivity index (χ0) is 12.4. The van der Waals surface area contributed by atoms with Crippen LogP contribution in [0.5, 0.6) is 0 Å². The second kappa shape index (κ2) is 4.89. The van der Waals surface area contributed by atoms with Crippen LogP contribution in [0, 0.1) is 10.1 Å². The van der Waals surface area contributed by atoms with Crippen LogP contribution in [-0.4, -0.2) is 29.2 Å². The Morgan fingerprint density at radius 2 is 2.29 bits per heavy atom. The second-order valence-electron chi connectivity index (χ2n) is 4.13. The van der Waals surface area contributed by atoms with Crippen molar-refractivity contribution < 1.29 is 10.0 Å². The van der Waals surface area contributed by atoms with Crippen LogP contribution in [0.25, 0.3) is 0 Å². The molecule has 1 fully saturated rings. The first-order valence-corrected chi connectivity index (χ1v) is 5.82. The Morgan fingerprint density at radius 3 is 2.88 bits per heavy atom. The lowest BCUT2D eigenvalue weighted by molar-refractivity contribution is -0.384. The minimum absolute atomic E-state index is 0.0173. The molecule has 1 aliphatic heterocycles. The second-order valence-corrected chi connectivity index (χ2v) is 4.54. The topological polar surface area (TPSA) is 66.6 Å². The number of halogens is 1. The highest BCUT2D eigenvalue weighted by atomic mass is 35.5. The highest BCUT2D eigenvalue weighted by molar-refractivity contribution is 6.33. The van der Waals surface area contributed by atoms with E-state index in [0.29, 0.717) is 11.6 Å². The maximum Gasteiger partial charge on any atom is 0.271 e. The van der Waals surface area contributed by atoms with E-state index in [0.717, 1.165) is 25.1 Å². The van der Waals surface area contributed by atoms with Gasteiger partial charge in [-0.25, -0.2) is 0 Å². The molecule has 1 aromatic rings. The molecular formula is C11H13ClN2O3. The summed E-state index contributed by atoms with van der Waals surface area (Å²) in [4.78, 5) is 12.1. The predicted octanol–water partition coefficient (Wildman–Crippen LogP) is 2.21. The summed E-state index contributed by atoms with van der Waals surface area (Å²) in [6.07, 6.45) is 1.34. The predicted molar refractivity (Wildman–Crippen MR) is 65.6 cm³/mol. The van der Waals surface area contributed by atoms with Crippen molar-refractivity contribution in [3.8, 4) is 0 Å². The Hall–Kier alpha value is -1.33. The molecule has 0 bridgehead atoms. The molecule has 1 aromatic carbocycles. The Bertz CT molecular complexity index is 439. The minimum atomic E-state index is -0.472. The van der Waals surface area contributed by atoms with E-state index in [1.54, 1.807) is 6.07 Å². The Kier molecular flexibility index (Phi) is 3.49. The fourth-order valence-electron chi connectivity index (χ4n) is 2.04. The molecule has 0 spiro atoms. The lowest BCUT2D eigenvalue weighted by Gasteiger charge is -2.32. The fraction of sp³-hybridized carbons (Fsp3) is 0.455. The van der Waals surface area contributed by atoms with Gasteiger partial charge in [0.1, 0.15) is 0 Å². The third-order valence-electron chi connectivity index (χ3n) is 2.88. The lowest BCUT2D eigenvalue weighted by Crippen LogP contribution is -2.38. The molecule has 1 unspecified atom stereocenters. The van der Waals surface area contributed by atoms with Crippen molar-refractivity contribution >= 4 is 23.0 Å². The summed E-state index contributed by atoms with van der Waals surface area (Å²) in [5.74, 6) is 0. The van der Waals surface area contributed by atoms with Crippen LogP contribution >= 0.6 is 11.6 Å². The van der Waals surface area contributed by atoms with Crippen LogP contribution in [0.3, 0.4) is 0 Å². The molecule has 0 amide bonds. The first-order valence-electron chi connectivity index (χ1n) is 5.45. The van der Waals surface area contributed by atoms with Crippen LogP contribution in [0.1, 0.15) is 12.8 Å². The number of piperidine rings is 1. The van der Waals surface area contributed by atoms with Gasteiger partial charge in [0.15, 0.2) is 0 Å². The Balaban J connectivity index is 2.23. The lowest BCUT2D eigenvalue weighted by atomic mass is 10.1. The standard InChI is InChI=1S/C11H13ClN2O3/c12-10-6-8(14(16)17)3-4-11(10)13-5-1-2-9(15)7-13/h3-4,6,9,15H,1-2,5,7H2. The number of non-ortho nitro benzene ring substituents is 1. The molecule has 0 aromatic heterocycles. The fourth-order valence-corrected chi connectivity index (χ4v) is 2.33. The molecule has 0 aliphatic carbocycles. The van der Waals surface area contributed by atoms with Crippen molar-refractivity contribution in [3.05, 3.63) is 33.3 Å². The van der Waals surface area contributed by atoms with E-state index in [-0.39, 0.29) is 11.8 Å². The van der Waals surface area contributed by atoms with E-state index in [9.17, 15) is 15.2 Å². The number of hydrogen-bond donors (Lipinski definition) is 1. The third kappa shape index (κ3) is 2.68. The van der Waals surface area contributed by atoms with Gasteiger partial charge in [0, 0.05) is 25.2 Å². The zero-order valence-electron chi connectivity index (χ0n) is 9.17. The summed E-state index contributed by atoms with van der Waals surface area (Å²) >= 11 is 6.03. The van der Waals surface area contributed by atoms with Gasteiger partial charge < -0.3 is 10.0 Å². The molecule has 17 heavy (non-hydrogen) atoms. The number of nitro benzene ring substituents is 1. The number of benzene rings is 1. The van der Waals surface area contributed by atoms with Gasteiger partial charge in [0.2, 0.25) is 0 Å². The van der Waals surface area contributed by atoms with Crippen molar-refractivity contribution in [2.45, 2.75) is 18.9 Å². The number of nitrogens with zero attached hydrogens (tertiary/aromatic N) is 2. The Labute approximate surface area is 104 Å². The first-order chi connectivity index (χ1) is 8.08. The largest absolute Gasteiger partial charge is 0.391 e. The number of rotatable bonds is 2. The average Bonchev–Trinajstić information content (AvgIpc) is 2.28. The van der Waals surface area contributed by atoms with Crippen LogP contribution < -0.4 is 4.90 Å². The van der Waals surface area contributed by atoms with Gasteiger partial charge in [-0.1, -0.05) is 11.6 Å². The van der Waals surface area contributed by atoms with E-state index in [4.69, 9.17) is 11.6 Å². The molecule has 0 radical (unpaired) electrons. The van der Waals surface area contributed by atoms with E-state index in [2.05, 4.69) is 0 Å². The maximum absolute atomic E-state index is 10.6. The van der Waals surface area contributed by atoms with Crippen molar-refractivity contribution in [1.82, 2.24) is 0 Å². The molecule has 2 rings (SSSR count). The highest BCUT2D eigenvalue weighted by Gasteiger charge is 2.20. The Morgan fingerprint density at radius 1 is 1.53 bits per heavy atom. The molecule has 1 aliphatic rings. The molecule has 1 N–H and O–H groups in total. The number of aliphatic hydroxyl groups is 1. The van der Waals surface area contributed by atoms with Crippen molar-refractivity contribution in [2.24, 2.45) is 0 Å². The molecule has 1 atom stereocenters. The molecule has 92 valence electrons. The van der Waals surface area contributed by atoms with E-state index >= 15 is 0 Å². The van der Waals surface area contributed by atoms with Gasteiger partial charge in [-0.05, 0) is 18.9 Å². The number of hydrogen-bond acceptors (Lipinski definition) is 4. The highest BCUT2D eigenvalue weighted by Crippen LogP contribution is 2.31. The minimum Gasteiger partial charge on any atom is -0.391 e. The van der Waals surface area contributed by atoms with E-state index in [1.807, 2.05) is 4.90 Å². The summed E-state index contributed by atoms with van der Waals surface area (Å²) in [5.41, 5.74) is 0.729. The van der Waals surface area contributed by atoms with E-state index in [1.165, 1.54) is 12.1 Å². The van der Waals surface area contributed by atoms with Crippen molar-refractivity contribution in [1.29, 1.82) is 0 Å². The van der Waals surface area contributed by atoms with Gasteiger partial charge in [-0.3, -0.25) is 10.1 Å². The summed E-state index contributed by atoms with van der Waals surface area (Å²) in [7, 11) is 0. The van der Waals surface area contributed by atoms with Crippen molar-refractivity contribution in [3.63, 3.8) is 0 Å². The summed E-state index contributed by atoms with van der Waals surface area (Å²) in [6, 6.07) is 4.42. The molecule has 1 heterocycles. The smallest absolute Gasteiger partial charge is 0.271 e. The van der Waals surface area contributed by atoms with Crippen LogP contribution in [0.2, 0.25) is 5.02 Å². The molecule has 6 heteroatoms. The van der Waals surface area contributed by atoms with Gasteiger partial charge in [-0.2, -0.15) is 0 Å². The van der Waals surface area contributed by atoms with Gasteiger partial charge >= 0.3 is 0 Å². The molecule has 1 saturated heterocycles. The van der Waals surface area contributed by atoms with Crippen LogP contribution in [0.4, 0.5) is 11.4 Å². The zero-order valence-corrected chi connectivity index (χ0v) is 9.93. The molecule has 0 saturated carbocycles. The number of β-amino-alcohol motifs (C(OH)–C–C–N with tert-alkyl or cyclic N) is 1. The van der Waals surface area contributed by atoms with Crippen LogP contribution in [0.15, 0.2) is 18.2 Å². The third-order valence-corrected chi connectivity index (χ3v) is 3.18. The first kappa shape index (κ1) is 12.1. The van der Waals surface area contributed by atoms with Gasteiger partial charge in [-0.15, -0.1) is 0 Å². The quantitative estimate of drug-likeness (QED) is 0.651. The van der Waals surface area contributed by atoms with Crippen molar-refractivity contribution in [2.75, 3.05) is 18.0 Å². The maximum atomic E-state index is 10.6. The number of anilines is 1. The summed E-state index contributed by atoms with van der Waals surface area (Å²) in [5, 5.41) is 20.5. The monoisotopic (exact) mass is 256 g/mol. The van der Waals surface area contributed by atoms with Gasteiger partial charge in [0.25, 0.3) is 5.69 Å².